The molecular weight excluding hydrogens is 330 g/mol. The van der Waals surface area contributed by atoms with Gasteiger partial charge >= 0.3 is 0 Å². The normalized spacial score (nSPS) is 14.8. The Morgan fingerprint density at radius 3 is 2.54 bits per heavy atom. The number of anilines is 1. The number of benzene rings is 1. The molecule has 0 bridgehead atoms. The van der Waals surface area contributed by atoms with Crippen molar-refractivity contribution in [2.75, 3.05) is 18.8 Å². The Kier molecular flexibility index (Phi) is 5.87. The number of nitrogens with zero attached hydrogens (tertiary/aromatic N) is 1. The fraction of sp³-hybridized carbons (Fsp3) is 0.294. The van der Waals surface area contributed by atoms with E-state index in [4.69, 9.17) is 10.2 Å². The Labute approximate surface area is 146 Å². The average Bonchev–Trinajstić information content (AvgIpc) is 3.09. The van der Waals surface area contributed by atoms with E-state index in [0.29, 0.717) is 29.9 Å². The summed E-state index contributed by atoms with van der Waals surface area (Å²) in [6.45, 7) is 1.23. The molecule has 1 aliphatic heterocycles. The van der Waals surface area contributed by atoms with Gasteiger partial charge in [-0.3, -0.25) is 9.59 Å². The largest absolute Gasteiger partial charge is 0.472 e. The Hall–Kier alpha value is -2.47. The predicted molar refractivity (Wildman–Crippen MR) is 93.2 cm³/mol. The van der Waals surface area contributed by atoms with Crippen LogP contribution in [0.2, 0.25) is 0 Å². The van der Waals surface area contributed by atoms with Crippen molar-refractivity contribution in [3.8, 4) is 0 Å². The first-order valence-electron chi connectivity index (χ1n) is 7.61. The summed E-state index contributed by atoms with van der Waals surface area (Å²) in [4.78, 5) is 26.2. The monoisotopic (exact) mass is 349 g/mol. The highest BCUT2D eigenvalue weighted by Crippen LogP contribution is 2.15. The molecule has 0 saturated carbocycles. The van der Waals surface area contributed by atoms with Gasteiger partial charge in [0.1, 0.15) is 6.26 Å². The number of carbonyl (C=O) groups is 2. The molecule has 1 aromatic carbocycles. The molecule has 0 spiro atoms. The number of carbonyl (C=O) groups excluding carboxylic acids is 2. The number of nitrogen functional groups attached to an aromatic ring is 1. The van der Waals surface area contributed by atoms with Gasteiger partial charge in [-0.15, -0.1) is 12.4 Å². The van der Waals surface area contributed by atoms with E-state index in [0.717, 1.165) is 12.8 Å². The summed E-state index contributed by atoms with van der Waals surface area (Å²) in [7, 11) is 0. The van der Waals surface area contributed by atoms with Crippen molar-refractivity contribution >= 4 is 29.9 Å². The molecule has 1 aromatic heterocycles. The molecule has 2 amide bonds. The molecule has 0 unspecified atom stereocenters. The zero-order valence-corrected chi connectivity index (χ0v) is 13.9. The summed E-state index contributed by atoms with van der Waals surface area (Å²) in [6, 6.07) is 8.64. The molecule has 7 heteroatoms. The van der Waals surface area contributed by atoms with E-state index >= 15 is 0 Å². The second-order valence-corrected chi connectivity index (χ2v) is 5.68. The lowest BCUT2D eigenvalue weighted by Crippen LogP contribution is -2.46. The van der Waals surface area contributed by atoms with Crippen LogP contribution in [-0.2, 0) is 0 Å². The summed E-state index contributed by atoms with van der Waals surface area (Å²) in [5.74, 6) is -0.156. The standard InChI is InChI=1S/C17H19N3O3.ClH/c18-14-3-1-2-12(10-14)16(21)19-15-4-7-20(8-5-15)17(22)13-6-9-23-11-13;/h1-3,6,9-11,15H,4-5,7-8,18H2,(H,19,21);1H. The molecule has 0 radical (unpaired) electrons. The number of amides is 2. The zero-order chi connectivity index (χ0) is 16.2. The van der Waals surface area contributed by atoms with Crippen molar-refractivity contribution in [3.63, 3.8) is 0 Å². The van der Waals surface area contributed by atoms with Crippen LogP contribution in [0.3, 0.4) is 0 Å². The minimum absolute atomic E-state index is 0. The summed E-state index contributed by atoms with van der Waals surface area (Å²) >= 11 is 0. The summed E-state index contributed by atoms with van der Waals surface area (Å²) < 4.78 is 4.94. The average molecular weight is 350 g/mol. The molecule has 1 fully saturated rings. The molecule has 2 heterocycles. The highest BCUT2D eigenvalue weighted by molar-refractivity contribution is 5.95. The smallest absolute Gasteiger partial charge is 0.257 e. The number of rotatable bonds is 3. The first-order chi connectivity index (χ1) is 11.1. The van der Waals surface area contributed by atoms with Gasteiger partial charge in [0.2, 0.25) is 0 Å². The van der Waals surface area contributed by atoms with E-state index in [1.807, 2.05) is 0 Å². The highest BCUT2D eigenvalue weighted by Gasteiger charge is 2.25. The van der Waals surface area contributed by atoms with Crippen molar-refractivity contribution in [2.24, 2.45) is 0 Å². The van der Waals surface area contributed by atoms with Crippen molar-refractivity contribution in [1.82, 2.24) is 10.2 Å². The minimum Gasteiger partial charge on any atom is -0.472 e. The molecule has 3 N–H and O–H groups in total. The third-order valence-electron chi connectivity index (χ3n) is 4.03. The van der Waals surface area contributed by atoms with Crippen molar-refractivity contribution in [1.29, 1.82) is 0 Å². The molecule has 128 valence electrons. The number of hydrogen-bond donors (Lipinski definition) is 2. The van der Waals surface area contributed by atoms with Crippen LogP contribution in [0.5, 0.6) is 0 Å². The van der Waals surface area contributed by atoms with Gasteiger partial charge in [0.05, 0.1) is 11.8 Å². The number of likely N-dealkylation sites (tertiary alicyclic amines) is 1. The molecule has 2 aromatic rings. The lowest BCUT2D eigenvalue weighted by atomic mass is 10.0. The van der Waals surface area contributed by atoms with Gasteiger partial charge < -0.3 is 20.4 Å². The first-order valence-corrected chi connectivity index (χ1v) is 7.61. The number of piperidine rings is 1. The fourth-order valence-electron chi connectivity index (χ4n) is 2.74. The third kappa shape index (κ3) is 4.08. The summed E-state index contributed by atoms with van der Waals surface area (Å²) in [5, 5.41) is 3.01. The zero-order valence-electron chi connectivity index (χ0n) is 13.1. The Morgan fingerprint density at radius 2 is 1.92 bits per heavy atom. The van der Waals surface area contributed by atoms with Gasteiger partial charge in [-0.05, 0) is 37.1 Å². The van der Waals surface area contributed by atoms with E-state index in [2.05, 4.69) is 5.32 Å². The van der Waals surface area contributed by atoms with Gasteiger partial charge in [-0.2, -0.15) is 0 Å². The highest BCUT2D eigenvalue weighted by atomic mass is 35.5. The van der Waals surface area contributed by atoms with Crippen LogP contribution >= 0.6 is 12.4 Å². The molecular formula is C17H20ClN3O3. The van der Waals surface area contributed by atoms with Crippen LogP contribution in [-0.4, -0.2) is 35.8 Å². The van der Waals surface area contributed by atoms with Crippen LogP contribution < -0.4 is 11.1 Å². The number of furan rings is 1. The lowest BCUT2D eigenvalue weighted by molar-refractivity contribution is 0.0697. The number of hydrogen-bond acceptors (Lipinski definition) is 4. The second-order valence-electron chi connectivity index (χ2n) is 5.68. The molecule has 1 saturated heterocycles. The van der Waals surface area contributed by atoms with E-state index in [1.54, 1.807) is 35.2 Å². The maximum absolute atomic E-state index is 12.2. The SMILES string of the molecule is Cl.Nc1cccc(C(=O)NC2CCN(C(=O)c3ccoc3)CC2)c1. The van der Waals surface area contributed by atoms with Gasteiger partial charge in [0.15, 0.2) is 0 Å². The molecule has 3 rings (SSSR count). The fourth-order valence-corrected chi connectivity index (χ4v) is 2.74. The van der Waals surface area contributed by atoms with Crippen LogP contribution in [0.1, 0.15) is 33.6 Å². The summed E-state index contributed by atoms with van der Waals surface area (Å²) in [5.41, 5.74) is 7.38. The molecule has 0 aliphatic carbocycles. The molecule has 0 atom stereocenters. The second kappa shape index (κ2) is 7.88. The number of halogens is 1. The Bertz CT molecular complexity index is 695. The maximum atomic E-state index is 12.2. The van der Waals surface area contributed by atoms with Gasteiger partial charge in [-0.25, -0.2) is 0 Å². The van der Waals surface area contributed by atoms with Crippen LogP contribution in [0.15, 0.2) is 47.3 Å². The van der Waals surface area contributed by atoms with Crippen molar-refractivity contribution in [3.05, 3.63) is 54.0 Å². The molecule has 1 aliphatic rings. The van der Waals surface area contributed by atoms with Crippen molar-refractivity contribution in [2.45, 2.75) is 18.9 Å². The van der Waals surface area contributed by atoms with Gasteiger partial charge in [0.25, 0.3) is 11.8 Å². The van der Waals surface area contributed by atoms with E-state index in [9.17, 15) is 9.59 Å². The van der Waals surface area contributed by atoms with Gasteiger partial charge in [0, 0.05) is 30.4 Å². The Balaban J connectivity index is 0.00000208. The Morgan fingerprint density at radius 1 is 1.17 bits per heavy atom. The number of nitrogens with one attached hydrogen (secondary N) is 1. The van der Waals surface area contributed by atoms with Crippen LogP contribution in [0.25, 0.3) is 0 Å². The number of nitrogens with two attached hydrogens (primary N) is 1. The molecule has 24 heavy (non-hydrogen) atoms. The van der Waals surface area contributed by atoms with E-state index < -0.39 is 0 Å². The van der Waals surface area contributed by atoms with Crippen LogP contribution in [0, 0.1) is 0 Å². The van der Waals surface area contributed by atoms with Gasteiger partial charge in [-0.1, -0.05) is 6.07 Å². The van der Waals surface area contributed by atoms with E-state index in [1.165, 1.54) is 12.5 Å². The maximum Gasteiger partial charge on any atom is 0.257 e. The predicted octanol–water partition coefficient (Wildman–Crippen LogP) is 2.32. The minimum atomic E-state index is -0.128. The topological polar surface area (TPSA) is 88.6 Å². The van der Waals surface area contributed by atoms with E-state index in [-0.39, 0.29) is 30.3 Å². The molecule has 6 nitrogen and oxygen atoms in total. The quantitative estimate of drug-likeness (QED) is 0.832. The first kappa shape index (κ1) is 17.9. The third-order valence-corrected chi connectivity index (χ3v) is 4.03. The summed E-state index contributed by atoms with van der Waals surface area (Å²) in [6.07, 6.45) is 4.41. The van der Waals surface area contributed by atoms with Crippen molar-refractivity contribution < 1.29 is 14.0 Å². The van der Waals surface area contributed by atoms with Crippen LogP contribution in [0.4, 0.5) is 5.69 Å². The lowest BCUT2D eigenvalue weighted by Gasteiger charge is -2.32.